The molecule has 9 heteroatoms. The van der Waals surface area contributed by atoms with E-state index in [1.807, 2.05) is 39.9 Å². The zero-order valence-electron chi connectivity index (χ0n) is 22.8. The van der Waals surface area contributed by atoms with Crippen LogP contribution in [-0.4, -0.2) is 55.8 Å². The van der Waals surface area contributed by atoms with Gasteiger partial charge in [0.2, 0.25) is 5.91 Å². The predicted molar refractivity (Wildman–Crippen MR) is 156 cm³/mol. The molecule has 0 spiro atoms. The maximum absolute atomic E-state index is 13.7. The molecule has 0 bridgehead atoms. The zero-order chi connectivity index (χ0) is 27.9. The molecule has 4 heterocycles. The molecule has 40 heavy (non-hydrogen) atoms. The highest BCUT2D eigenvalue weighted by atomic mass is 32.1. The third kappa shape index (κ3) is 4.88. The molecule has 1 aromatic carbocycles. The molecule has 1 saturated heterocycles. The second-order valence-electron chi connectivity index (χ2n) is 11.0. The maximum atomic E-state index is 13.7. The number of carbonyl (C=O) groups excluding carboxylic acids is 1. The molecular weight excluding hydrogens is 524 g/mol. The van der Waals surface area contributed by atoms with Gasteiger partial charge in [0.1, 0.15) is 12.1 Å². The van der Waals surface area contributed by atoms with Gasteiger partial charge in [-0.1, -0.05) is 11.6 Å². The second-order valence-corrected chi connectivity index (χ2v) is 11.8. The number of nitrogens with zero attached hydrogens (tertiary/aromatic N) is 4. The average molecular weight is 559 g/mol. The molecule has 0 saturated carbocycles. The van der Waals surface area contributed by atoms with E-state index in [0.717, 1.165) is 29.9 Å². The molecule has 8 nitrogen and oxygen atoms in total. The van der Waals surface area contributed by atoms with Gasteiger partial charge in [-0.15, -0.1) is 0 Å². The Hall–Kier alpha value is -3.69. The van der Waals surface area contributed by atoms with Crippen LogP contribution < -0.4 is 10.3 Å². The number of aromatic nitrogens is 3. The third-order valence-electron chi connectivity index (χ3n) is 8.57. The molecule has 2 unspecified atom stereocenters. The molecule has 208 valence electrons. The van der Waals surface area contributed by atoms with Crippen molar-refractivity contribution in [3.05, 3.63) is 87.2 Å². The Balaban J connectivity index is 1.16. The van der Waals surface area contributed by atoms with Crippen molar-refractivity contribution in [3.8, 4) is 11.4 Å². The highest BCUT2D eigenvalue weighted by Gasteiger charge is 2.40. The summed E-state index contributed by atoms with van der Waals surface area (Å²) in [6.07, 6.45) is 8.33. The Morgan fingerprint density at radius 2 is 1.95 bits per heavy atom. The number of carbonyl (C=O) groups is 1. The molecular formula is C31H34N4O4S. The number of thiophene rings is 1. The molecule has 1 aliphatic carbocycles. The van der Waals surface area contributed by atoms with Crippen LogP contribution in [0.25, 0.3) is 16.7 Å². The Labute approximate surface area is 237 Å². The van der Waals surface area contributed by atoms with Crippen molar-refractivity contribution in [1.29, 1.82) is 0 Å². The molecule has 0 radical (unpaired) electrons. The molecule has 6 rings (SSSR count). The van der Waals surface area contributed by atoms with Crippen molar-refractivity contribution in [3.63, 3.8) is 0 Å². The normalized spacial score (nSPS) is 20.9. The molecule has 1 N–H and O–H groups in total. The minimum absolute atomic E-state index is 0.143. The van der Waals surface area contributed by atoms with Gasteiger partial charge in [-0.25, -0.2) is 4.98 Å². The van der Waals surface area contributed by atoms with Crippen molar-refractivity contribution < 1.29 is 14.6 Å². The number of piperidine rings is 1. The zero-order valence-corrected chi connectivity index (χ0v) is 23.6. The monoisotopic (exact) mass is 558 g/mol. The van der Waals surface area contributed by atoms with E-state index in [2.05, 4.69) is 34.8 Å². The van der Waals surface area contributed by atoms with E-state index in [1.54, 1.807) is 24.5 Å². The van der Waals surface area contributed by atoms with E-state index >= 15 is 0 Å². The number of likely N-dealkylation sites (tertiary alicyclic amines) is 1. The Morgan fingerprint density at radius 3 is 2.65 bits per heavy atom. The molecule has 1 amide bonds. The summed E-state index contributed by atoms with van der Waals surface area (Å²) in [5.74, 6) is 0.945. The molecule has 3 aromatic heterocycles. The van der Waals surface area contributed by atoms with Crippen LogP contribution >= 0.6 is 11.3 Å². The fourth-order valence-electron chi connectivity index (χ4n) is 6.25. The van der Waals surface area contributed by atoms with Gasteiger partial charge < -0.3 is 19.3 Å². The Bertz CT molecular complexity index is 1590. The van der Waals surface area contributed by atoms with E-state index in [0.29, 0.717) is 37.0 Å². The largest absolute Gasteiger partial charge is 0.497 e. The SMILES string of the molecule is COc1ccc(-n2ccc3c(=O)n(CC4(O)CCN(C(=O)C5C(C)=CCCC5c5ccsc5)CC4)cnc32)cc1. The van der Waals surface area contributed by atoms with Crippen LogP contribution in [0.1, 0.15) is 44.1 Å². The van der Waals surface area contributed by atoms with Crippen LogP contribution in [0.3, 0.4) is 0 Å². The summed E-state index contributed by atoms with van der Waals surface area (Å²) in [5.41, 5.74) is 2.55. The lowest BCUT2D eigenvalue weighted by atomic mass is 9.75. The quantitative estimate of drug-likeness (QED) is 0.345. The summed E-state index contributed by atoms with van der Waals surface area (Å²) in [7, 11) is 1.62. The Kier molecular flexibility index (Phi) is 7.10. The van der Waals surface area contributed by atoms with Crippen molar-refractivity contribution >= 4 is 28.3 Å². The first-order chi connectivity index (χ1) is 19.4. The molecule has 1 aliphatic heterocycles. The standard InChI is InChI=1S/C31H34N4O4S/c1-21-4-3-5-25(22-11-17-40-18-22)27(21)30(37)33-15-12-31(38,13-16-33)19-34-20-32-28-26(29(34)36)10-14-35(28)23-6-8-24(39-2)9-7-23/h4,6-11,14,17-18,20,25,27,38H,3,5,12-13,15-16,19H2,1-2H3. The van der Waals surface area contributed by atoms with Crippen molar-refractivity contribution in [2.24, 2.45) is 5.92 Å². The van der Waals surface area contributed by atoms with E-state index in [1.165, 1.54) is 16.5 Å². The van der Waals surface area contributed by atoms with Crippen molar-refractivity contribution in [2.75, 3.05) is 20.2 Å². The average Bonchev–Trinajstić information content (AvgIpc) is 3.66. The number of hydrogen-bond acceptors (Lipinski definition) is 6. The first kappa shape index (κ1) is 26.5. The fourth-order valence-corrected chi connectivity index (χ4v) is 6.97. The van der Waals surface area contributed by atoms with Crippen molar-refractivity contribution in [1.82, 2.24) is 19.0 Å². The van der Waals surface area contributed by atoms with Crippen molar-refractivity contribution in [2.45, 2.75) is 50.7 Å². The summed E-state index contributed by atoms with van der Waals surface area (Å²) >= 11 is 1.67. The summed E-state index contributed by atoms with van der Waals surface area (Å²) in [5, 5.41) is 16.2. The van der Waals surface area contributed by atoms with E-state index in [-0.39, 0.29) is 29.8 Å². The van der Waals surface area contributed by atoms with Gasteiger partial charge in [0.05, 0.1) is 30.6 Å². The summed E-state index contributed by atoms with van der Waals surface area (Å²) in [6.45, 7) is 3.14. The number of fused-ring (bicyclic) bond motifs is 1. The van der Waals surface area contributed by atoms with Crippen LogP contribution in [0.4, 0.5) is 0 Å². The number of aliphatic hydroxyl groups is 1. The van der Waals surface area contributed by atoms with Gasteiger partial charge in [0, 0.05) is 30.9 Å². The van der Waals surface area contributed by atoms with Crippen LogP contribution in [-0.2, 0) is 11.3 Å². The topological polar surface area (TPSA) is 89.6 Å². The first-order valence-corrected chi connectivity index (χ1v) is 14.7. The van der Waals surface area contributed by atoms with E-state index in [4.69, 9.17) is 4.74 Å². The smallest absolute Gasteiger partial charge is 0.262 e. The van der Waals surface area contributed by atoms with Gasteiger partial charge in [0.15, 0.2) is 5.65 Å². The van der Waals surface area contributed by atoms with Gasteiger partial charge in [-0.2, -0.15) is 11.3 Å². The van der Waals surface area contributed by atoms with Gasteiger partial charge in [-0.3, -0.25) is 14.2 Å². The number of allylic oxidation sites excluding steroid dienone is 1. The minimum Gasteiger partial charge on any atom is -0.497 e. The van der Waals surface area contributed by atoms with E-state index < -0.39 is 5.60 Å². The molecule has 2 aliphatic rings. The maximum Gasteiger partial charge on any atom is 0.262 e. The molecule has 2 atom stereocenters. The number of benzene rings is 1. The summed E-state index contributed by atoms with van der Waals surface area (Å²) in [6, 6.07) is 11.5. The highest BCUT2D eigenvalue weighted by Crippen LogP contribution is 2.40. The number of ether oxygens (including phenoxy) is 1. The van der Waals surface area contributed by atoms with Gasteiger partial charge in [0.25, 0.3) is 5.56 Å². The summed E-state index contributed by atoms with van der Waals surface area (Å²) < 4.78 is 8.60. The number of rotatable bonds is 6. The second kappa shape index (κ2) is 10.7. The third-order valence-corrected chi connectivity index (χ3v) is 9.27. The lowest BCUT2D eigenvalue weighted by molar-refractivity contribution is -0.140. The van der Waals surface area contributed by atoms with Crippen LogP contribution in [0.15, 0.2) is 76.1 Å². The van der Waals surface area contributed by atoms with Gasteiger partial charge >= 0.3 is 0 Å². The first-order valence-electron chi connectivity index (χ1n) is 13.8. The number of methoxy groups -OCH3 is 1. The highest BCUT2D eigenvalue weighted by molar-refractivity contribution is 7.08. The number of amides is 1. The van der Waals surface area contributed by atoms with Gasteiger partial charge in [-0.05, 0) is 85.3 Å². The predicted octanol–water partition coefficient (Wildman–Crippen LogP) is 4.75. The fraction of sp³-hybridized carbons (Fsp3) is 0.387. The number of hydrogen-bond donors (Lipinski definition) is 1. The van der Waals surface area contributed by atoms with Crippen LogP contribution in [0.5, 0.6) is 5.75 Å². The summed E-state index contributed by atoms with van der Waals surface area (Å²) in [4.78, 5) is 33.6. The lowest BCUT2D eigenvalue weighted by Crippen LogP contribution is -2.51. The molecule has 1 fully saturated rings. The van der Waals surface area contributed by atoms with E-state index in [9.17, 15) is 14.7 Å². The van der Waals surface area contributed by atoms with Crippen LogP contribution in [0, 0.1) is 5.92 Å². The van der Waals surface area contributed by atoms with Crippen LogP contribution in [0.2, 0.25) is 0 Å². The lowest BCUT2D eigenvalue weighted by Gasteiger charge is -2.41. The minimum atomic E-state index is -1.08. The Morgan fingerprint density at radius 1 is 1.18 bits per heavy atom. The molecule has 4 aromatic rings.